The first kappa shape index (κ1) is 21.4. The van der Waals surface area contributed by atoms with E-state index in [-0.39, 0.29) is 15.7 Å². The number of hydrogen-bond donors (Lipinski definition) is 2. The van der Waals surface area contributed by atoms with Crippen molar-refractivity contribution in [3.05, 3.63) is 94.5 Å². The molecule has 0 bridgehead atoms. The molecule has 0 atom stereocenters. The van der Waals surface area contributed by atoms with Gasteiger partial charge in [-0.2, -0.15) is 0 Å². The number of thiocarbonyl (C=S) groups is 1. The van der Waals surface area contributed by atoms with Gasteiger partial charge in [-0.05, 0) is 60.1 Å². The van der Waals surface area contributed by atoms with Gasteiger partial charge in [0.15, 0.2) is 10.7 Å². The summed E-state index contributed by atoms with van der Waals surface area (Å²) >= 11 is 17.3. The predicted molar refractivity (Wildman–Crippen MR) is 137 cm³/mol. The summed E-state index contributed by atoms with van der Waals surface area (Å²) in [7, 11) is 0. The normalized spacial score (nSPS) is 11.0. The third kappa shape index (κ3) is 4.41. The highest BCUT2D eigenvalue weighted by Gasteiger charge is 2.14. The zero-order valence-electron chi connectivity index (χ0n) is 16.9. The Morgan fingerprint density at radius 3 is 2.64 bits per heavy atom. The van der Waals surface area contributed by atoms with E-state index in [0.29, 0.717) is 22.2 Å². The largest absolute Gasteiger partial charge is 0.436 e. The summed E-state index contributed by atoms with van der Waals surface area (Å²) < 4.78 is 6.00. The highest BCUT2D eigenvalue weighted by Crippen LogP contribution is 2.30. The molecule has 0 saturated heterocycles. The summed E-state index contributed by atoms with van der Waals surface area (Å²) in [6, 6.07) is 24.0. The van der Waals surface area contributed by atoms with Gasteiger partial charge >= 0.3 is 0 Å². The Morgan fingerprint density at radius 2 is 1.79 bits per heavy atom. The zero-order chi connectivity index (χ0) is 22.9. The fourth-order valence-electron chi connectivity index (χ4n) is 3.52. The molecule has 0 spiro atoms. The Hall–Kier alpha value is -3.45. The Labute approximate surface area is 204 Å². The molecule has 5 aromatic rings. The van der Waals surface area contributed by atoms with Crippen LogP contribution in [0, 0.1) is 0 Å². The second-order valence-electron chi connectivity index (χ2n) is 7.27. The summed E-state index contributed by atoms with van der Waals surface area (Å²) in [6.07, 6.45) is 0. The van der Waals surface area contributed by atoms with Crippen LogP contribution >= 0.6 is 35.4 Å². The molecule has 33 heavy (non-hydrogen) atoms. The highest BCUT2D eigenvalue weighted by molar-refractivity contribution is 7.80. The predicted octanol–water partition coefficient (Wildman–Crippen LogP) is 7.08. The maximum absolute atomic E-state index is 12.5. The monoisotopic (exact) mass is 491 g/mol. The van der Waals surface area contributed by atoms with E-state index < -0.39 is 5.91 Å². The van der Waals surface area contributed by atoms with E-state index in [2.05, 4.69) is 10.6 Å². The number of carbonyl (C=O) groups is 1. The number of rotatable bonds is 3. The molecule has 1 aromatic heterocycles. The van der Waals surface area contributed by atoms with Crippen LogP contribution in [0.15, 0.2) is 83.3 Å². The molecule has 8 heteroatoms. The fourth-order valence-corrected chi connectivity index (χ4v) is 4.23. The molecule has 0 radical (unpaired) electrons. The van der Waals surface area contributed by atoms with Crippen molar-refractivity contribution in [2.45, 2.75) is 0 Å². The van der Waals surface area contributed by atoms with Crippen molar-refractivity contribution in [1.29, 1.82) is 0 Å². The van der Waals surface area contributed by atoms with Crippen LogP contribution in [-0.2, 0) is 0 Å². The Balaban J connectivity index is 1.36. The van der Waals surface area contributed by atoms with E-state index in [4.69, 9.17) is 44.8 Å². The number of amides is 1. The molecule has 0 aliphatic carbocycles. The summed E-state index contributed by atoms with van der Waals surface area (Å²) in [5.41, 5.74) is 3.24. The third-order valence-corrected chi connectivity index (χ3v) is 5.81. The summed E-state index contributed by atoms with van der Waals surface area (Å²) in [5, 5.41) is 8.58. The molecule has 0 aliphatic rings. The van der Waals surface area contributed by atoms with Crippen LogP contribution in [0.5, 0.6) is 0 Å². The Kier molecular flexibility index (Phi) is 5.72. The van der Waals surface area contributed by atoms with E-state index in [1.54, 1.807) is 12.1 Å². The average Bonchev–Trinajstić information content (AvgIpc) is 3.24. The lowest BCUT2D eigenvalue weighted by molar-refractivity contribution is 0.0978. The second-order valence-corrected chi connectivity index (χ2v) is 8.52. The van der Waals surface area contributed by atoms with E-state index in [1.165, 1.54) is 6.07 Å². The highest BCUT2D eigenvalue weighted by atomic mass is 35.5. The quantitative estimate of drug-likeness (QED) is 0.264. The second kappa shape index (κ2) is 8.83. The van der Waals surface area contributed by atoms with Gasteiger partial charge in [0.2, 0.25) is 5.89 Å². The average molecular weight is 492 g/mol. The van der Waals surface area contributed by atoms with Crippen LogP contribution in [0.3, 0.4) is 0 Å². The summed E-state index contributed by atoms with van der Waals surface area (Å²) in [5.74, 6) is 0.0593. The molecule has 5 rings (SSSR count). The molecular weight excluding hydrogens is 477 g/mol. The zero-order valence-corrected chi connectivity index (χ0v) is 19.3. The number of aromatic nitrogens is 1. The smallest absolute Gasteiger partial charge is 0.258 e. The first-order chi connectivity index (χ1) is 16.0. The van der Waals surface area contributed by atoms with E-state index in [9.17, 15) is 4.79 Å². The van der Waals surface area contributed by atoms with E-state index in [0.717, 1.165) is 21.9 Å². The maximum atomic E-state index is 12.5. The molecule has 4 aromatic carbocycles. The van der Waals surface area contributed by atoms with Crippen molar-refractivity contribution < 1.29 is 9.21 Å². The van der Waals surface area contributed by atoms with E-state index in [1.807, 2.05) is 60.7 Å². The SMILES string of the molecule is O=C(NC(=S)Nc1cccc(-c2nc3c(ccc4ccccc43)o2)c1)c1ccc(Cl)cc1Cl. The minimum atomic E-state index is -0.434. The van der Waals surface area contributed by atoms with Crippen molar-refractivity contribution >= 4 is 74.0 Å². The minimum absolute atomic E-state index is 0.131. The van der Waals surface area contributed by atoms with Crippen molar-refractivity contribution in [3.63, 3.8) is 0 Å². The van der Waals surface area contributed by atoms with Crippen molar-refractivity contribution in [2.75, 3.05) is 5.32 Å². The van der Waals surface area contributed by atoms with Gasteiger partial charge in [0.05, 0.1) is 10.6 Å². The Morgan fingerprint density at radius 1 is 0.939 bits per heavy atom. The number of carbonyl (C=O) groups excluding carboxylic acids is 1. The van der Waals surface area contributed by atoms with Gasteiger partial charge in [-0.1, -0.05) is 59.6 Å². The molecule has 0 unspecified atom stereocenters. The maximum Gasteiger partial charge on any atom is 0.258 e. The number of fused-ring (bicyclic) bond motifs is 3. The van der Waals surface area contributed by atoms with E-state index >= 15 is 0 Å². The van der Waals surface area contributed by atoms with Gasteiger partial charge in [-0.25, -0.2) is 4.98 Å². The number of anilines is 1. The van der Waals surface area contributed by atoms with Crippen LogP contribution < -0.4 is 10.6 Å². The number of benzene rings is 4. The van der Waals surface area contributed by atoms with Gasteiger partial charge in [0.25, 0.3) is 5.91 Å². The first-order valence-corrected chi connectivity index (χ1v) is 11.1. The van der Waals surface area contributed by atoms with Gasteiger partial charge in [-0.15, -0.1) is 0 Å². The lowest BCUT2D eigenvalue weighted by Gasteiger charge is -2.11. The minimum Gasteiger partial charge on any atom is -0.436 e. The topological polar surface area (TPSA) is 67.2 Å². The summed E-state index contributed by atoms with van der Waals surface area (Å²) in [6.45, 7) is 0. The molecule has 0 saturated carbocycles. The molecular formula is C25H15Cl2N3O2S. The molecule has 0 fully saturated rings. The van der Waals surface area contributed by atoms with Crippen LogP contribution in [-0.4, -0.2) is 16.0 Å². The lowest BCUT2D eigenvalue weighted by atomic mass is 10.1. The van der Waals surface area contributed by atoms with Crippen LogP contribution in [0.4, 0.5) is 5.69 Å². The van der Waals surface area contributed by atoms with Gasteiger partial charge in [0.1, 0.15) is 5.52 Å². The van der Waals surface area contributed by atoms with Crippen molar-refractivity contribution in [1.82, 2.24) is 10.3 Å². The van der Waals surface area contributed by atoms with Crippen molar-refractivity contribution in [3.8, 4) is 11.5 Å². The molecule has 5 nitrogen and oxygen atoms in total. The summed E-state index contributed by atoms with van der Waals surface area (Å²) in [4.78, 5) is 17.2. The standard InChI is InChI=1S/C25H15Cl2N3O2S/c26-16-9-10-19(20(27)13-16)23(31)30-25(33)28-17-6-3-5-15(12-17)24-29-22-18-7-2-1-4-14(18)8-11-21(22)32-24/h1-13H,(H2,28,30,31,33). The number of halogens is 2. The first-order valence-electron chi connectivity index (χ1n) is 9.94. The number of hydrogen-bond acceptors (Lipinski definition) is 4. The van der Waals surface area contributed by atoms with Gasteiger partial charge in [0, 0.05) is 21.7 Å². The number of oxazole rings is 1. The van der Waals surface area contributed by atoms with Crippen LogP contribution in [0.1, 0.15) is 10.4 Å². The number of nitrogens with zero attached hydrogens (tertiary/aromatic N) is 1. The van der Waals surface area contributed by atoms with Crippen molar-refractivity contribution in [2.24, 2.45) is 0 Å². The Bertz CT molecular complexity index is 1550. The number of nitrogens with one attached hydrogen (secondary N) is 2. The van der Waals surface area contributed by atoms with Gasteiger partial charge in [-0.3, -0.25) is 10.1 Å². The molecule has 1 heterocycles. The van der Waals surface area contributed by atoms with Crippen LogP contribution in [0.2, 0.25) is 10.0 Å². The third-order valence-electron chi connectivity index (χ3n) is 5.05. The lowest BCUT2D eigenvalue weighted by Crippen LogP contribution is -2.34. The molecule has 2 N–H and O–H groups in total. The molecule has 162 valence electrons. The molecule has 0 aliphatic heterocycles. The van der Waals surface area contributed by atoms with Gasteiger partial charge < -0.3 is 9.73 Å². The fraction of sp³-hybridized carbons (Fsp3) is 0. The van der Waals surface area contributed by atoms with Crippen LogP contribution in [0.25, 0.3) is 33.3 Å². The molecule has 1 amide bonds.